The first-order valence-corrected chi connectivity index (χ1v) is 12.3. The van der Waals surface area contributed by atoms with Crippen molar-refractivity contribution in [3.63, 3.8) is 0 Å². The van der Waals surface area contributed by atoms with Gasteiger partial charge in [-0.25, -0.2) is 4.79 Å². The van der Waals surface area contributed by atoms with Crippen LogP contribution >= 0.6 is 0 Å². The number of alkyl carbamates (subject to hydrolysis) is 1. The van der Waals surface area contributed by atoms with Gasteiger partial charge in [-0.05, 0) is 47.4 Å². The summed E-state index contributed by atoms with van der Waals surface area (Å²) in [6, 6.07) is 16.2. The number of likely N-dealkylation sites (tertiary alicyclic amines) is 1. The number of ether oxygens (including phenoxy) is 1. The smallest absolute Gasteiger partial charge is 0.407 e. The van der Waals surface area contributed by atoms with Gasteiger partial charge in [0.1, 0.15) is 6.61 Å². The number of carboxylic acids is 1. The first-order valence-electron chi connectivity index (χ1n) is 12.3. The van der Waals surface area contributed by atoms with Crippen LogP contribution in [0.2, 0.25) is 0 Å². The Bertz CT molecular complexity index is 1110. The average molecular weight is 475 g/mol. The molecule has 182 valence electrons. The topological polar surface area (TPSA) is 95.9 Å². The molecule has 35 heavy (non-hydrogen) atoms. The van der Waals surface area contributed by atoms with Crippen LogP contribution in [0.4, 0.5) is 4.79 Å². The third-order valence-electron chi connectivity index (χ3n) is 7.41. The molecule has 0 radical (unpaired) electrons. The first kappa shape index (κ1) is 23.1. The van der Waals surface area contributed by atoms with Gasteiger partial charge in [-0.15, -0.1) is 0 Å². The predicted molar refractivity (Wildman–Crippen MR) is 131 cm³/mol. The summed E-state index contributed by atoms with van der Waals surface area (Å²) >= 11 is 0. The highest BCUT2D eigenvalue weighted by Gasteiger charge is 2.34. The Kier molecular flexibility index (Phi) is 6.57. The van der Waals surface area contributed by atoms with Crippen molar-refractivity contribution in [3.8, 4) is 11.1 Å². The predicted octanol–water partition coefficient (Wildman–Crippen LogP) is 4.18. The Hall–Kier alpha value is -3.61. The summed E-state index contributed by atoms with van der Waals surface area (Å²) in [4.78, 5) is 38.1. The molecular weight excluding hydrogens is 444 g/mol. The normalized spacial score (nSPS) is 22.6. The molecule has 1 fully saturated rings. The minimum atomic E-state index is -0.796. The number of nitrogens with one attached hydrogen (secondary N) is 1. The van der Waals surface area contributed by atoms with Gasteiger partial charge in [-0.1, -0.05) is 60.7 Å². The number of nitrogens with zero attached hydrogens (tertiary/aromatic N) is 1. The van der Waals surface area contributed by atoms with Crippen LogP contribution in [0.1, 0.15) is 42.7 Å². The summed E-state index contributed by atoms with van der Waals surface area (Å²) in [6.45, 7) is 1.53. The highest BCUT2D eigenvalue weighted by molar-refractivity contribution is 5.82. The molecule has 2 amide bonds. The van der Waals surface area contributed by atoms with E-state index in [2.05, 4.69) is 29.6 Å². The van der Waals surface area contributed by atoms with Crippen molar-refractivity contribution in [2.24, 2.45) is 11.8 Å². The maximum absolute atomic E-state index is 12.9. The first-order chi connectivity index (χ1) is 17.0. The minimum absolute atomic E-state index is 0.00540. The summed E-state index contributed by atoms with van der Waals surface area (Å²) in [5, 5.41) is 11.8. The highest BCUT2D eigenvalue weighted by atomic mass is 16.5. The molecule has 0 bridgehead atoms. The summed E-state index contributed by atoms with van der Waals surface area (Å²) in [5.74, 6) is -0.764. The summed E-state index contributed by atoms with van der Waals surface area (Å²) < 4.78 is 5.63. The van der Waals surface area contributed by atoms with Crippen molar-refractivity contribution in [2.45, 2.75) is 37.6 Å². The van der Waals surface area contributed by atoms with Crippen LogP contribution in [0.25, 0.3) is 11.1 Å². The summed E-state index contributed by atoms with van der Waals surface area (Å²) in [7, 11) is 0. The van der Waals surface area contributed by atoms with Gasteiger partial charge >= 0.3 is 12.1 Å². The maximum Gasteiger partial charge on any atom is 0.407 e. The molecule has 0 saturated carbocycles. The van der Waals surface area contributed by atoms with Gasteiger partial charge in [0.2, 0.25) is 5.91 Å². The largest absolute Gasteiger partial charge is 0.481 e. The Morgan fingerprint density at radius 3 is 2.37 bits per heavy atom. The molecule has 0 spiro atoms. The van der Waals surface area contributed by atoms with Crippen molar-refractivity contribution in [1.29, 1.82) is 0 Å². The van der Waals surface area contributed by atoms with Crippen molar-refractivity contribution < 1.29 is 24.2 Å². The third-order valence-corrected chi connectivity index (χ3v) is 7.41. The fourth-order valence-corrected chi connectivity index (χ4v) is 5.61. The average Bonchev–Trinajstić information content (AvgIpc) is 3.59. The van der Waals surface area contributed by atoms with E-state index in [0.29, 0.717) is 25.9 Å². The Balaban J connectivity index is 1.11. The molecule has 2 aliphatic carbocycles. The van der Waals surface area contributed by atoms with Crippen molar-refractivity contribution >= 4 is 18.0 Å². The van der Waals surface area contributed by atoms with E-state index in [0.717, 1.165) is 6.42 Å². The van der Waals surface area contributed by atoms with Crippen molar-refractivity contribution in [1.82, 2.24) is 10.2 Å². The van der Waals surface area contributed by atoms with E-state index < -0.39 is 12.1 Å². The quantitative estimate of drug-likeness (QED) is 0.587. The minimum Gasteiger partial charge on any atom is -0.481 e. The molecule has 1 saturated heterocycles. The molecular formula is C28H30N2O5. The number of hydrogen-bond acceptors (Lipinski definition) is 4. The van der Waals surface area contributed by atoms with E-state index in [9.17, 15) is 14.4 Å². The zero-order chi connectivity index (χ0) is 24.4. The number of carbonyl (C=O) groups is 3. The zero-order valence-corrected chi connectivity index (χ0v) is 19.6. The fraction of sp³-hybridized carbons (Fsp3) is 0.393. The Morgan fingerprint density at radius 1 is 1.00 bits per heavy atom. The molecule has 3 atom stereocenters. The fourth-order valence-electron chi connectivity index (χ4n) is 5.61. The van der Waals surface area contributed by atoms with Crippen LogP contribution in [0.5, 0.6) is 0 Å². The van der Waals surface area contributed by atoms with Gasteiger partial charge in [-0.2, -0.15) is 0 Å². The van der Waals surface area contributed by atoms with Crippen LogP contribution < -0.4 is 5.32 Å². The molecule has 3 unspecified atom stereocenters. The highest BCUT2D eigenvalue weighted by Crippen LogP contribution is 2.44. The van der Waals surface area contributed by atoms with Crippen LogP contribution in [0.3, 0.4) is 0 Å². The molecule has 0 aromatic heterocycles. The number of rotatable bonds is 7. The van der Waals surface area contributed by atoms with Crippen LogP contribution in [-0.4, -0.2) is 53.7 Å². The number of carboxylic acid groups (broad SMARTS) is 1. The lowest BCUT2D eigenvalue weighted by Crippen LogP contribution is -2.37. The van der Waals surface area contributed by atoms with E-state index in [1.807, 2.05) is 41.3 Å². The molecule has 2 aromatic carbocycles. The molecule has 7 nitrogen and oxygen atoms in total. The summed E-state index contributed by atoms with van der Waals surface area (Å²) in [5.41, 5.74) is 4.70. The van der Waals surface area contributed by atoms with Crippen molar-refractivity contribution in [2.75, 3.05) is 19.7 Å². The number of fused-ring (bicyclic) bond motifs is 3. The summed E-state index contributed by atoms with van der Waals surface area (Å²) in [6.07, 6.45) is 5.34. The van der Waals surface area contributed by atoms with Gasteiger partial charge in [-0.3, -0.25) is 9.59 Å². The van der Waals surface area contributed by atoms with Gasteiger partial charge in [0.15, 0.2) is 0 Å². The Morgan fingerprint density at radius 2 is 1.69 bits per heavy atom. The number of carbonyl (C=O) groups excluding carboxylic acids is 2. The van der Waals surface area contributed by atoms with Gasteiger partial charge in [0, 0.05) is 25.4 Å². The van der Waals surface area contributed by atoms with Gasteiger partial charge in [0.05, 0.1) is 12.0 Å². The lowest BCUT2D eigenvalue weighted by atomic mass is 9.98. The third kappa shape index (κ3) is 4.94. The second-order valence-corrected chi connectivity index (χ2v) is 9.67. The van der Waals surface area contributed by atoms with E-state index in [1.54, 1.807) is 0 Å². The number of hydrogen-bond donors (Lipinski definition) is 2. The van der Waals surface area contributed by atoms with E-state index >= 15 is 0 Å². The van der Waals surface area contributed by atoms with Crippen LogP contribution in [-0.2, 0) is 14.3 Å². The molecule has 2 N–H and O–H groups in total. The van der Waals surface area contributed by atoms with Crippen LogP contribution in [0.15, 0.2) is 60.7 Å². The second kappa shape index (κ2) is 9.94. The maximum atomic E-state index is 12.9. The molecule has 1 heterocycles. The SMILES string of the molecule is O=C(O)CCC1CCN(C(=O)C2C=CC(NC(=O)OCC3c4ccccc4-c4ccccc43)C2)C1. The Labute approximate surface area is 204 Å². The lowest BCUT2D eigenvalue weighted by Gasteiger charge is -2.21. The van der Waals surface area contributed by atoms with E-state index in [4.69, 9.17) is 9.84 Å². The molecule has 2 aromatic rings. The van der Waals surface area contributed by atoms with E-state index in [1.165, 1.54) is 22.3 Å². The standard InChI is InChI=1S/C28H30N2O5/c31-26(32)12-9-18-13-14-30(16-18)27(33)19-10-11-20(15-19)29-28(34)35-17-25-23-7-3-1-5-21(23)22-6-2-4-8-24(22)25/h1-8,10-11,18-20,25H,9,12-17H2,(H,29,34)(H,31,32). The number of benzene rings is 2. The second-order valence-electron chi connectivity index (χ2n) is 9.67. The molecule has 5 rings (SSSR count). The van der Waals surface area contributed by atoms with E-state index in [-0.39, 0.29) is 42.7 Å². The van der Waals surface area contributed by atoms with Crippen LogP contribution in [0, 0.1) is 11.8 Å². The van der Waals surface area contributed by atoms with Crippen molar-refractivity contribution in [3.05, 3.63) is 71.8 Å². The number of amides is 2. The van der Waals surface area contributed by atoms with Gasteiger partial charge < -0.3 is 20.1 Å². The number of aliphatic carboxylic acids is 1. The lowest BCUT2D eigenvalue weighted by molar-refractivity contribution is -0.137. The molecule has 1 aliphatic heterocycles. The monoisotopic (exact) mass is 474 g/mol. The zero-order valence-electron chi connectivity index (χ0n) is 19.6. The van der Waals surface area contributed by atoms with Gasteiger partial charge in [0.25, 0.3) is 0 Å². The molecule has 7 heteroatoms. The molecule has 3 aliphatic rings.